The molecule has 26 heavy (non-hydrogen) atoms. The lowest BCUT2D eigenvalue weighted by atomic mass is 10.1. The minimum absolute atomic E-state index is 0.0424. The SMILES string of the molecule is CCN(Cc1ccccc1)C(=O)CNC(=O)c1cc(C)cc(C(=O)O)c1. The molecule has 0 spiro atoms. The standard InChI is InChI=1S/C20H22N2O4/c1-3-22(13-15-7-5-4-6-8-15)18(23)12-21-19(24)16-9-14(2)10-17(11-16)20(25)26/h4-11H,3,12-13H2,1-2H3,(H,21,24)(H,25,26). The van der Waals surface area contributed by atoms with E-state index in [2.05, 4.69) is 5.32 Å². The van der Waals surface area contributed by atoms with Gasteiger partial charge in [0.1, 0.15) is 0 Å². The van der Waals surface area contributed by atoms with Gasteiger partial charge in [0, 0.05) is 18.7 Å². The fourth-order valence-electron chi connectivity index (χ4n) is 2.59. The summed E-state index contributed by atoms with van der Waals surface area (Å²) < 4.78 is 0. The maximum atomic E-state index is 12.4. The number of hydrogen-bond acceptors (Lipinski definition) is 3. The van der Waals surface area contributed by atoms with E-state index in [0.29, 0.717) is 18.7 Å². The third-order valence-corrected chi connectivity index (χ3v) is 3.94. The first-order valence-electron chi connectivity index (χ1n) is 8.35. The smallest absolute Gasteiger partial charge is 0.335 e. The van der Waals surface area contributed by atoms with Crippen LogP contribution < -0.4 is 5.32 Å². The van der Waals surface area contributed by atoms with Gasteiger partial charge in [-0.2, -0.15) is 0 Å². The molecular formula is C20H22N2O4. The minimum atomic E-state index is -1.10. The topological polar surface area (TPSA) is 86.7 Å². The van der Waals surface area contributed by atoms with Crippen LogP contribution in [0.1, 0.15) is 38.8 Å². The van der Waals surface area contributed by atoms with Crippen molar-refractivity contribution < 1.29 is 19.5 Å². The van der Waals surface area contributed by atoms with E-state index in [4.69, 9.17) is 5.11 Å². The van der Waals surface area contributed by atoms with Crippen molar-refractivity contribution >= 4 is 17.8 Å². The van der Waals surface area contributed by atoms with Crippen LogP contribution in [0.15, 0.2) is 48.5 Å². The molecule has 0 atom stereocenters. The summed E-state index contributed by atoms with van der Waals surface area (Å²) in [6, 6.07) is 14.0. The molecule has 0 aliphatic rings. The number of likely N-dealkylation sites (N-methyl/N-ethyl adjacent to an activating group) is 1. The van der Waals surface area contributed by atoms with E-state index in [1.165, 1.54) is 12.1 Å². The van der Waals surface area contributed by atoms with Gasteiger partial charge in [0.15, 0.2) is 0 Å². The van der Waals surface area contributed by atoms with E-state index in [9.17, 15) is 14.4 Å². The van der Waals surface area contributed by atoms with Crippen LogP contribution in [-0.4, -0.2) is 40.9 Å². The number of rotatable bonds is 7. The van der Waals surface area contributed by atoms with E-state index in [1.54, 1.807) is 17.9 Å². The number of carboxylic acid groups (broad SMARTS) is 1. The number of nitrogens with one attached hydrogen (secondary N) is 1. The van der Waals surface area contributed by atoms with Gasteiger partial charge in [0.25, 0.3) is 5.91 Å². The van der Waals surface area contributed by atoms with Gasteiger partial charge in [-0.3, -0.25) is 9.59 Å². The van der Waals surface area contributed by atoms with Crippen molar-refractivity contribution in [2.24, 2.45) is 0 Å². The molecule has 6 nitrogen and oxygen atoms in total. The Morgan fingerprint density at radius 1 is 1.04 bits per heavy atom. The molecule has 0 aliphatic carbocycles. The predicted molar refractivity (Wildman–Crippen MR) is 98.0 cm³/mol. The quantitative estimate of drug-likeness (QED) is 0.800. The lowest BCUT2D eigenvalue weighted by Crippen LogP contribution is -2.39. The summed E-state index contributed by atoms with van der Waals surface area (Å²) >= 11 is 0. The van der Waals surface area contributed by atoms with Gasteiger partial charge in [-0.15, -0.1) is 0 Å². The molecule has 0 radical (unpaired) electrons. The first-order valence-corrected chi connectivity index (χ1v) is 8.35. The zero-order valence-corrected chi connectivity index (χ0v) is 14.9. The Morgan fingerprint density at radius 2 is 1.69 bits per heavy atom. The largest absolute Gasteiger partial charge is 0.478 e. The number of amides is 2. The molecule has 2 aromatic rings. The molecule has 2 N–H and O–H groups in total. The number of carbonyl (C=O) groups excluding carboxylic acids is 2. The minimum Gasteiger partial charge on any atom is -0.478 e. The van der Waals surface area contributed by atoms with Crippen LogP contribution in [-0.2, 0) is 11.3 Å². The number of aromatic carboxylic acids is 1. The Hall–Kier alpha value is -3.15. The molecule has 0 aromatic heterocycles. The highest BCUT2D eigenvalue weighted by molar-refractivity contribution is 5.99. The van der Waals surface area contributed by atoms with E-state index in [1.807, 2.05) is 37.3 Å². The number of hydrogen-bond donors (Lipinski definition) is 2. The maximum Gasteiger partial charge on any atom is 0.335 e. The Labute approximate surface area is 152 Å². The second kappa shape index (κ2) is 8.80. The second-order valence-electron chi connectivity index (χ2n) is 5.97. The van der Waals surface area contributed by atoms with Gasteiger partial charge in [0.2, 0.25) is 5.91 Å². The molecule has 0 unspecified atom stereocenters. The average Bonchev–Trinajstić information content (AvgIpc) is 2.64. The first kappa shape index (κ1) is 19.2. The highest BCUT2D eigenvalue weighted by atomic mass is 16.4. The van der Waals surface area contributed by atoms with Gasteiger partial charge >= 0.3 is 5.97 Å². The zero-order valence-electron chi connectivity index (χ0n) is 14.9. The van der Waals surface area contributed by atoms with Crippen molar-refractivity contribution in [3.05, 3.63) is 70.8 Å². The summed E-state index contributed by atoms with van der Waals surface area (Å²) in [4.78, 5) is 37.4. The number of nitrogens with zero attached hydrogens (tertiary/aromatic N) is 1. The molecule has 136 valence electrons. The van der Waals surface area contributed by atoms with Crippen molar-refractivity contribution in [1.82, 2.24) is 10.2 Å². The predicted octanol–water partition coefficient (Wildman–Crippen LogP) is 2.47. The Kier molecular flexibility index (Phi) is 6.49. The highest BCUT2D eigenvalue weighted by Crippen LogP contribution is 2.10. The van der Waals surface area contributed by atoms with E-state index < -0.39 is 11.9 Å². The van der Waals surface area contributed by atoms with Crippen molar-refractivity contribution in [2.45, 2.75) is 20.4 Å². The highest BCUT2D eigenvalue weighted by Gasteiger charge is 2.15. The van der Waals surface area contributed by atoms with E-state index >= 15 is 0 Å². The summed E-state index contributed by atoms with van der Waals surface area (Å²) in [5.41, 5.74) is 1.95. The van der Waals surface area contributed by atoms with Crippen molar-refractivity contribution in [1.29, 1.82) is 0 Å². The average molecular weight is 354 g/mol. The van der Waals surface area contributed by atoms with Crippen molar-refractivity contribution in [3.8, 4) is 0 Å². The van der Waals surface area contributed by atoms with Gasteiger partial charge in [-0.1, -0.05) is 30.3 Å². The molecule has 0 fully saturated rings. The van der Waals surface area contributed by atoms with E-state index in [0.717, 1.165) is 5.56 Å². The third kappa shape index (κ3) is 5.17. The van der Waals surface area contributed by atoms with Crippen LogP contribution >= 0.6 is 0 Å². The summed E-state index contributed by atoms with van der Waals surface area (Å²) in [5, 5.41) is 11.7. The number of carboxylic acids is 1. The summed E-state index contributed by atoms with van der Waals surface area (Å²) in [5.74, 6) is -1.77. The lowest BCUT2D eigenvalue weighted by Gasteiger charge is -2.21. The van der Waals surface area contributed by atoms with E-state index in [-0.39, 0.29) is 23.6 Å². The fraction of sp³-hybridized carbons (Fsp3) is 0.250. The number of benzene rings is 2. The Morgan fingerprint density at radius 3 is 2.31 bits per heavy atom. The molecular weight excluding hydrogens is 332 g/mol. The first-order chi connectivity index (χ1) is 12.4. The molecule has 0 aliphatic heterocycles. The monoisotopic (exact) mass is 354 g/mol. The maximum absolute atomic E-state index is 12.4. The van der Waals surface area contributed by atoms with Crippen LogP contribution in [0.3, 0.4) is 0 Å². The molecule has 0 bridgehead atoms. The third-order valence-electron chi connectivity index (χ3n) is 3.94. The van der Waals surface area contributed by atoms with Crippen molar-refractivity contribution in [3.63, 3.8) is 0 Å². The van der Waals surface area contributed by atoms with Gasteiger partial charge in [0.05, 0.1) is 12.1 Å². The number of aryl methyl sites for hydroxylation is 1. The number of carbonyl (C=O) groups is 3. The molecule has 0 saturated carbocycles. The molecule has 0 saturated heterocycles. The van der Waals surface area contributed by atoms with Gasteiger partial charge in [-0.05, 0) is 43.2 Å². The fourth-order valence-corrected chi connectivity index (χ4v) is 2.59. The van der Waals surface area contributed by atoms with Gasteiger partial charge in [-0.25, -0.2) is 4.79 Å². The Bertz CT molecular complexity index is 803. The Balaban J connectivity index is 1.99. The van der Waals surface area contributed by atoms with Crippen LogP contribution in [0.5, 0.6) is 0 Å². The normalized spacial score (nSPS) is 10.2. The van der Waals surface area contributed by atoms with Crippen LogP contribution in [0, 0.1) is 6.92 Å². The summed E-state index contributed by atoms with van der Waals surface area (Å²) in [6.07, 6.45) is 0. The molecule has 6 heteroatoms. The summed E-state index contributed by atoms with van der Waals surface area (Å²) in [6.45, 7) is 4.45. The van der Waals surface area contributed by atoms with Crippen LogP contribution in [0.2, 0.25) is 0 Å². The second-order valence-corrected chi connectivity index (χ2v) is 5.97. The van der Waals surface area contributed by atoms with Crippen molar-refractivity contribution in [2.75, 3.05) is 13.1 Å². The zero-order chi connectivity index (χ0) is 19.1. The molecule has 2 aromatic carbocycles. The van der Waals surface area contributed by atoms with Crippen LogP contribution in [0.25, 0.3) is 0 Å². The molecule has 2 rings (SSSR count). The van der Waals surface area contributed by atoms with Crippen LogP contribution in [0.4, 0.5) is 0 Å². The van der Waals surface area contributed by atoms with Gasteiger partial charge < -0.3 is 15.3 Å². The lowest BCUT2D eigenvalue weighted by molar-refractivity contribution is -0.130. The molecule has 2 amide bonds. The molecule has 0 heterocycles. The summed E-state index contributed by atoms with van der Waals surface area (Å²) in [7, 11) is 0.